The molecule has 92 valence electrons. The van der Waals surface area contributed by atoms with E-state index in [9.17, 15) is 10.1 Å². The van der Waals surface area contributed by atoms with Crippen LogP contribution in [0.2, 0.25) is 0 Å². The van der Waals surface area contributed by atoms with Gasteiger partial charge in [0, 0.05) is 5.56 Å². The standard InChI is InChI=1S/C11H10N4O3/c1-18-8-4-2-7(3-5-8)11-13-6-9(15(16)17)10(12)14-11/h2-6H,1H3,(H2,12,13,14). The Morgan fingerprint density at radius 1 is 1.33 bits per heavy atom. The van der Waals surface area contributed by atoms with Gasteiger partial charge in [0.1, 0.15) is 11.9 Å². The number of nitro groups is 1. The van der Waals surface area contributed by atoms with E-state index < -0.39 is 4.92 Å². The molecule has 0 bridgehead atoms. The van der Waals surface area contributed by atoms with Gasteiger partial charge in [-0.1, -0.05) is 0 Å². The lowest BCUT2D eigenvalue weighted by molar-refractivity contribution is -0.384. The Labute approximate surface area is 102 Å². The summed E-state index contributed by atoms with van der Waals surface area (Å²) in [5.41, 5.74) is 5.91. The monoisotopic (exact) mass is 246 g/mol. The SMILES string of the molecule is COc1ccc(-c2ncc([N+](=O)[O-])c(N)n2)cc1. The molecule has 1 heterocycles. The van der Waals surface area contributed by atoms with Gasteiger partial charge in [0.25, 0.3) is 0 Å². The number of anilines is 1. The quantitative estimate of drug-likeness (QED) is 0.652. The van der Waals surface area contributed by atoms with E-state index in [1.165, 1.54) is 0 Å². The minimum atomic E-state index is -0.618. The van der Waals surface area contributed by atoms with Gasteiger partial charge in [-0.2, -0.15) is 0 Å². The molecule has 0 aliphatic heterocycles. The highest BCUT2D eigenvalue weighted by Gasteiger charge is 2.14. The number of hydrogen-bond acceptors (Lipinski definition) is 6. The third-order valence-electron chi connectivity index (χ3n) is 2.34. The van der Waals surface area contributed by atoms with Gasteiger partial charge in [-0.3, -0.25) is 10.1 Å². The Balaban J connectivity index is 2.39. The zero-order chi connectivity index (χ0) is 13.1. The molecule has 18 heavy (non-hydrogen) atoms. The van der Waals surface area contributed by atoms with E-state index >= 15 is 0 Å². The third-order valence-corrected chi connectivity index (χ3v) is 2.34. The van der Waals surface area contributed by atoms with Crippen molar-refractivity contribution < 1.29 is 9.66 Å². The first-order valence-electron chi connectivity index (χ1n) is 5.03. The van der Waals surface area contributed by atoms with Crippen LogP contribution in [0.25, 0.3) is 11.4 Å². The number of ether oxygens (including phenoxy) is 1. The average Bonchev–Trinajstić information content (AvgIpc) is 2.38. The highest BCUT2D eigenvalue weighted by molar-refractivity contribution is 5.61. The Kier molecular flexibility index (Phi) is 3.05. The number of nitrogens with two attached hydrogens (primary N) is 1. The molecular formula is C11H10N4O3. The van der Waals surface area contributed by atoms with E-state index in [0.29, 0.717) is 17.1 Å². The van der Waals surface area contributed by atoms with Crippen LogP contribution >= 0.6 is 0 Å². The van der Waals surface area contributed by atoms with Crippen LogP contribution in [-0.4, -0.2) is 22.0 Å². The van der Waals surface area contributed by atoms with Gasteiger partial charge in [0.2, 0.25) is 5.82 Å². The zero-order valence-corrected chi connectivity index (χ0v) is 9.53. The summed E-state index contributed by atoms with van der Waals surface area (Å²) in [6, 6.07) is 6.99. The van der Waals surface area contributed by atoms with Crippen molar-refractivity contribution in [1.82, 2.24) is 9.97 Å². The molecule has 2 N–H and O–H groups in total. The number of aromatic nitrogens is 2. The van der Waals surface area contributed by atoms with E-state index in [-0.39, 0.29) is 11.5 Å². The average molecular weight is 246 g/mol. The van der Waals surface area contributed by atoms with Crippen molar-refractivity contribution in [1.29, 1.82) is 0 Å². The molecule has 0 saturated carbocycles. The molecule has 2 rings (SSSR count). The summed E-state index contributed by atoms with van der Waals surface area (Å²) >= 11 is 0. The number of hydrogen-bond donors (Lipinski definition) is 1. The summed E-state index contributed by atoms with van der Waals surface area (Å²) in [6.07, 6.45) is 1.10. The van der Waals surface area contributed by atoms with Crippen LogP contribution in [0, 0.1) is 10.1 Å². The fourth-order valence-corrected chi connectivity index (χ4v) is 1.41. The molecule has 0 aliphatic carbocycles. The summed E-state index contributed by atoms with van der Waals surface area (Å²) in [4.78, 5) is 17.8. The molecule has 7 nitrogen and oxygen atoms in total. The molecule has 0 atom stereocenters. The van der Waals surface area contributed by atoms with Crippen LogP contribution in [0.5, 0.6) is 5.75 Å². The highest BCUT2D eigenvalue weighted by atomic mass is 16.6. The number of rotatable bonds is 3. The van der Waals surface area contributed by atoms with Crippen molar-refractivity contribution >= 4 is 11.5 Å². The summed E-state index contributed by atoms with van der Waals surface area (Å²) < 4.78 is 5.02. The summed E-state index contributed by atoms with van der Waals surface area (Å²) in [6.45, 7) is 0. The van der Waals surface area contributed by atoms with Gasteiger partial charge in [-0.05, 0) is 24.3 Å². The lowest BCUT2D eigenvalue weighted by Gasteiger charge is -2.03. The van der Waals surface area contributed by atoms with Gasteiger partial charge in [-0.15, -0.1) is 0 Å². The second-order valence-electron chi connectivity index (χ2n) is 3.45. The smallest absolute Gasteiger partial charge is 0.329 e. The number of nitrogen functional groups attached to an aromatic ring is 1. The van der Waals surface area contributed by atoms with Crippen molar-refractivity contribution in [2.24, 2.45) is 0 Å². The van der Waals surface area contributed by atoms with E-state index in [0.717, 1.165) is 6.20 Å². The van der Waals surface area contributed by atoms with E-state index in [1.54, 1.807) is 31.4 Å². The molecule has 2 aromatic rings. The lowest BCUT2D eigenvalue weighted by Crippen LogP contribution is -2.01. The first kappa shape index (κ1) is 11.8. The molecule has 0 saturated heterocycles. The zero-order valence-electron chi connectivity index (χ0n) is 9.53. The molecule has 1 aromatic carbocycles. The summed E-state index contributed by atoms with van der Waals surface area (Å²) in [7, 11) is 1.56. The molecule has 7 heteroatoms. The van der Waals surface area contributed by atoms with Crippen LogP contribution in [0.4, 0.5) is 11.5 Å². The third kappa shape index (κ3) is 2.19. The van der Waals surface area contributed by atoms with Gasteiger partial charge in [0.05, 0.1) is 12.0 Å². The first-order valence-corrected chi connectivity index (χ1v) is 5.03. The van der Waals surface area contributed by atoms with Crippen LogP contribution in [0.15, 0.2) is 30.5 Å². The lowest BCUT2D eigenvalue weighted by atomic mass is 10.2. The summed E-state index contributed by atoms with van der Waals surface area (Å²) in [5.74, 6) is 0.884. The van der Waals surface area contributed by atoms with E-state index in [2.05, 4.69) is 9.97 Å². The van der Waals surface area contributed by atoms with Crippen molar-refractivity contribution in [3.63, 3.8) is 0 Å². The molecular weight excluding hydrogens is 236 g/mol. The van der Waals surface area contributed by atoms with Crippen LogP contribution in [0.3, 0.4) is 0 Å². The second kappa shape index (κ2) is 4.66. The summed E-state index contributed by atoms with van der Waals surface area (Å²) in [5, 5.41) is 10.6. The number of nitrogens with zero attached hydrogens (tertiary/aromatic N) is 3. The highest BCUT2D eigenvalue weighted by Crippen LogP contribution is 2.23. The molecule has 0 spiro atoms. The predicted octanol–water partition coefficient (Wildman–Crippen LogP) is 1.64. The molecule has 0 amide bonds. The minimum Gasteiger partial charge on any atom is -0.497 e. The number of benzene rings is 1. The Bertz CT molecular complexity index is 583. The van der Waals surface area contributed by atoms with Crippen LogP contribution in [0.1, 0.15) is 0 Å². The van der Waals surface area contributed by atoms with Gasteiger partial charge >= 0.3 is 5.69 Å². The fraction of sp³-hybridized carbons (Fsp3) is 0.0909. The van der Waals surface area contributed by atoms with Gasteiger partial charge in [-0.25, -0.2) is 9.97 Å². The molecule has 0 aliphatic rings. The normalized spacial score (nSPS) is 10.1. The van der Waals surface area contributed by atoms with Gasteiger partial charge < -0.3 is 10.5 Å². The van der Waals surface area contributed by atoms with Crippen molar-refractivity contribution in [2.45, 2.75) is 0 Å². The molecule has 1 aromatic heterocycles. The maximum atomic E-state index is 10.6. The Morgan fingerprint density at radius 3 is 2.50 bits per heavy atom. The van der Waals surface area contributed by atoms with Crippen molar-refractivity contribution in [3.05, 3.63) is 40.6 Å². The van der Waals surface area contributed by atoms with Crippen LogP contribution in [-0.2, 0) is 0 Å². The largest absolute Gasteiger partial charge is 0.497 e. The van der Waals surface area contributed by atoms with E-state index in [1.807, 2.05) is 0 Å². The topological polar surface area (TPSA) is 104 Å². The Morgan fingerprint density at radius 2 is 2.00 bits per heavy atom. The van der Waals surface area contributed by atoms with Gasteiger partial charge in [0.15, 0.2) is 5.82 Å². The van der Waals surface area contributed by atoms with Crippen LogP contribution < -0.4 is 10.5 Å². The van der Waals surface area contributed by atoms with E-state index in [4.69, 9.17) is 10.5 Å². The maximum Gasteiger partial charge on any atom is 0.329 e. The fourth-order valence-electron chi connectivity index (χ4n) is 1.41. The number of methoxy groups -OCH3 is 1. The minimum absolute atomic E-state index is 0.152. The Hall–Kier alpha value is -2.70. The van der Waals surface area contributed by atoms with Crippen molar-refractivity contribution in [2.75, 3.05) is 12.8 Å². The first-order chi connectivity index (χ1) is 8.61. The maximum absolute atomic E-state index is 10.6. The second-order valence-corrected chi connectivity index (χ2v) is 3.45. The molecule has 0 unspecified atom stereocenters. The molecule has 0 radical (unpaired) electrons. The predicted molar refractivity (Wildman–Crippen MR) is 65.1 cm³/mol. The molecule has 0 fully saturated rings. The van der Waals surface area contributed by atoms with Crippen molar-refractivity contribution in [3.8, 4) is 17.1 Å².